The molecule has 3 heteroatoms. The van der Waals surface area contributed by atoms with Gasteiger partial charge in [0.05, 0.1) is 0 Å². The maximum absolute atomic E-state index is 6.18. The van der Waals surface area contributed by atoms with E-state index in [-0.39, 0.29) is 0 Å². The molecule has 0 spiro atoms. The molecule has 1 aromatic heterocycles. The molecule has 2 rings (SSSR count). The molecule has 0 aliphatic heterocycles. The topological polar surface area (TPSA) is 12.0 Å². The van der Waals surface area contributed by atoms with Crippen LogP contribution < -0.4 is 5.32 Å². The largest absolute Gasteiger partial charge is 0.310 e. The van der Waals surface area contributed by atoms with E-state index >= 15 is 0 Å². The third-order valence-electron chi connectivity index (χ3n) is 3.10. The van der Waals surface area contributed by atoms with Crippen LogP contribution >= 0.6 is 22.9 Å². The van der Waals surface area contributed by atoms with Gasteiger partial charge in [-0.1, -0.05) is 30.7 Å². The third-order valence-corrected chi connectivity index (χ3v) is 4.81. The molecule has 0 aliphatic carbocycles. The number of hydrogen-bond donors (Lipinski definition) is 1. The Balaban J connectivity index is 2.32. The number of halogens is 1. The van der Waals surface area contributed by atoms with E-state index < -0.39 is 0 Å². The number of hydrogen-bond acceptors (Lipinski definition) is 2. The average molecular weight is 280 g/mol. The van der Waals surface area contributed by atoms with Crippen LogP contribution in [0.5, 0.6) is 0 Å². The average Bonchev–Trinajstić information content (AvgIpc) is 2.82. The van der Waals surface area contributed by atoms with Gasteiger partial charge in [-0.3, -0.25) is 0 Å². The van der Waals surface area contributed by atoms with Crippen molar-refractivity contribution in [2.45, 2.75) is 26.8 Å². The Morgan fingerprint density at radius 1 is 1.28 bits per heavy atom. The number of thiophene rings is 1. The predicted molar refractivity (Wildman–Crippen MR) is 81.6 cm³/mol. The molecule has 1 atom stereocenters. The summed E-state index contributed by atoms with van der Waals surface area (Å²) in [6.45, 7) is 7.39. The van der Waals surface area contributed by atoms with Gasteiger partial charge in [-0.05, 0) is 49.7 Å². The minimum absolute atomic E-state index is 0.410. The van der Waals surface area contributed by atoms with Crippen LogP contribution in [0.15, 0.2) is 30.3 Å². The van der Waals surface area contributed by atoms with Crippen molar-refractivity contribution in [3.05, 3.63) is 45.8 Å². The molecule has 2 aromatic rings. The zero-order valence-corrected chi connectivity index (χ0v) is 12.5. The molecule has 0 radical (unpaired) electrons. The summed E-state index contributed by atoms with van der Waals surface area (Å²) in [6.07, 6.45) is 0. The van der Waals surface area contributed by atoms with Gasteiger partial charge in [-0.25, -0.2) is 0 Å². The van der Waals surface area contributed by atoms with Crippen LogP contribution in [-0.4, -0.2) is 6.54 Å². The van der Waals surface area contributed by atoms with Crippen molar-refractivity contribution >= 4 is 22.9 Å². The van der Waals surface area contributed by atoms with Gasteiger partial charge in [0.1, 0.15) is 0 Å². The summed E-state index contributed by atoms with van der Waals surface area (Å²) < 4.78 is 0. The Kier molecular flexibility index (Phi) is 4.44. The first-order valence-electron chi connectivity index (χ1n) is 6.22. The van der Waals surface area contributed by atoms with E-state index in [1.54, 1.807) is 0 Å². The summed E-state index contributed by atoms with van der Waals surface area (Å²) in [5.74, 6) is 0. The maximum Gasteiger partial charge on any atom is 0.0441 e. The molecule has 1 nitrogen and oxygen atoms in total. The minimum atomic E-state index is 0.410. The van der Waals surface area contributed by atoms with Crippen molar-refractivity contribution in [1.82, 2.24) is 5.32 Å². The lowest BCUT2D eigenvalue weighted by Crippen LogP contribution is -2.16. The molecule has 1 heterocycles. The van der Waals surface area contributed by atoms with Crippen molar-refractivity contribution in [3.8, 4) is 10.4 Å². The van der Waals surface area contributed by atoms with E-state index in [0.29, 0.717) is 6.04 Å². The van der Waals surface area contributed by atoms with Crippen molar-refractivity contribution < 1.29 is 0 Å². The normalized spacial score (nSPS) is 12.7. The first-order chi connectivity index (χ1) is 8.63. The van der Waals surface area contributed by atoms with Gasteiger partial charge >= 0.3 is 0 Å². The Bertz CT molecular complexity index is 533. The second-order valence-electron chi connectivity index (χ2n) is 4.39. The van der Waals surface area contributed by atoms with Gasteiger partial charge in [-0.15, -0.1) is 11.3 Å². The first-order valence-corrected chi connectivity index (χ1v) is 7.41. The molecular formula is C15H18ClNS. The van der Waals surface area contributed by atoms with E-state index in [2.05, 4.69) is 44.3 Å². The summed E-state index contributed by atoms with van der Waals surface area (Å²) in [6, 6.07) is 10.9. The monoisotopic (exact) mass is 279 g/mol. The summed E-state index contributed by atoms with van der Waals surface area (Å²) in [5, 5.41) is 4.27. The molecule has 0 aliphatic rings. The second kappa shape index (κ2) is 5.87. The van der Waals surface area contributed by atoms with Gasteiger partial charge in [0.15, 0.2) is 0 Å². The highest BCUT2D eigenvalue weighted by atomic mass is 35.5. The van der Waals surface area contributed by atoms with Gasteiger partial charge < -0.3 is 5.32 Å². The SMILES string of the molecule is CCNC(C)c1ccc(-c2cccc(Cl)c2C)s1. The van der Waals surface area contributed by atoms with Crippen LogP contribution in [0, 0.1) is 6.92 Å². The van der Waals surface area contributed by atoms with Crippen LogP contribution in [0.3, 0.4) is 0 Å². The predicted octanol–water partition coefficient (Wildman–Crippen LogP) is 5.05. The van der Waals surface area contributed by atoms with Gasteiger partial charge in [0.2, 0.25) is 0 Å². The molecule has 0 amide bonds. The molecule has 0 fully saturated rings. The fourth-order valence-electron chi connectivity index (χ4n) is 2.01. The molecular weight excluding hydrogens is 262 g/mol. The van der Waals surface area contributed by atoms with Crippen LogP contribution in [0.25, 0.3) is 10.4 Å². The summed E-state index contributed by atoms with van der Waals surface area (Å²) in [4.78, 5) is 2.65. The van der Waals surface area contributed by atoms with Crippen molar-refractivity contribution in [3.63, 3.8) is 0 Å². The van der Waals surface area contributed by atoms with Gasteiger partial charge in [-0.2, -0.15) is 0 Å². The van der Waals surface area contributed by atoms with E-state index in [9.17, 15) is 0 Å². The summed E-state index contributed by atoms with van der Waals surface area (Å²) in [7, 11) is 0. The molecule has 18 heavy (non-hydrogen) atoms. The zero-order valence-electron chi connectivity index (χ0n) is 11.0. The highest BCUT2D eigenvalue weighted by Crippen LogP contribution is 2.35. The molecule has 0 bridgehead atoms. The Hall–Kier alpha value is -0.830. The van der Waals surface area contributed by atoms with Crippen molar-refractivity contribution in [2.24, 2.45) is 0 Å². The maximum atomic E-state index is 6.18. The van der Waals surface area contributed by atoms with Crippen LogP contribution in [0.2, 0.25) is 5.02 Å². The van der Waals surface area contributed by atoms with Crippen LogP contribution in [-0.2, 0) is 0 Å². The van der Waals surface area contributed by atoms with E-state index in [1.165, 1.54) is 15.3 Å². The minimum Gasteiger partial charge on any atom is -0.310 e. The molecule has 1 N–H and O–H groups in total. The quantitative estimate of drug-likeness (QED) is 0.826. The number of rotatable bonds is 4. The zero-order chi connectivity index (χ0) is 13.1. The molecule has 1 unspecified atom stereocenters. The number of nitrogens with one attached hydrogen (secondary N) is 1. The van der Waals surface area contributed by atoms with Gasteiger partial charge in [0.25, 0.3) is 0 Å². The number of benzene rings is 1. The van der Waals surface area contributed by atoms with Crippen LogP contribution in [0.1, 0.15) is 30.3 Å². The standard InChI is InChI=1S/C15H18ClNS/c1-4-17-11(3)14-8-9-15(18-14)12-6-5-7-13(16)10(12)2/h5-9,11,17H,4H2,1-3H3. The first kappa shape index (κ1) is 13.6. The summed E-state index contributed by atoms with van der Waals surface area (Å²) in [5.41, 5.74) is 2.39. The molecule has 96 valence electrons. The molecule has 0 saturated carbocycles. The van der Waals surface area contributed by atoms with Gasteiger partial charge in [0, 0.05) is 20.8 Å². The highest BCUT2D eigenvalue weighted by molar-refractivity contribution is 7.15. The lowest BCUT2D eigenvalue weighted by molar-refractivity contribution is 0.607. The Morgan fingerprint density at radius 2 is 2.06 bits per heavy atom. The van der Waals surface area contributed by atoms with Crippen molar-refractivity contribution in [2.75, 3.05) is 6.54 Å². The Morgan fingerprint density at radius 3 is 2.78 bits per heavy atom. The second-order valence-corrected chi connectivity index (χ2v) is 5.92. The van der Waals surface area contributed by atoms with Crippen LogP contribution in [0.4, 0.5) is 0 Å². The van der Waals surface area contributed by atoms with E-state index in [4.69, 9.17) is 11.6 Å². The highest BCUT2D eigenvalue weighted by Gasteiger charge is 2.10. The Labute approximate surface area is 118 Å². The van der Waals surface area contributed by atoms with E-state index in [1.807, 2.05) is 23.5 Å². The molecule has 0 saturated heterocycles. The van der Waals surface area contributed by atoms with E-state index in [0.717, 1.165) is 17.1 Å². The lowest BCUT2D eigenvalue weighted by Gasteiger charge is -2.09. The fraction of sp³-hybridized carbons (Fsp3) is 0.333. The summed E-state index contributed by atoms with van der Waals surface area (Å²) >= 11 is 8.01. The molecule has 1 aromatic carbocycles. The smallest absolute Gasteiger partial charge is 0.0441 e. The fourth-order valence-corrected chi connectivity index (χ4v) is 3.30. The van der Waals surface area contributed by atoms with Crippen molar-refractivity contribution in [1.29, 1.82) is 0 Å². The lowest BCUT2D eigenvalue weighted by atomic mass is 10.1. The third kappa shape index (κ3) is 2.77.